The Kier molecular flexibility index (Phi) is 5.05. The Morgan fingerprint density at radius 3 is 2.57 bits per heavy atom. The number of rotatable bonds is 3. The number of methoxy groups -OCH3 is 1. The molecule has 0 aliphatic carbocycles. The fourth-order valence-corrected chi connectivity index (χ4v) is 2.08. The maximum absolute atomic E-state index is 12.1. The third kappa shape index (κ3) is 3.36. The van der Waals surface area contributed by atoms with E-state index in [4.69, 9.17) is 9.26 Å². The summed E-state index contributed by atoms with van der Waals surface area (Å²) < 4.78 is 11.4. The first-order valence-corrected chi connectivity index (χ1v) is 7.28. The van der Waals surface area contributed by atoms with Crippen molar-refractivity contribution in [2.24, 2.45) is 0 Å². The van der Waals surface area contributed by atoms with Crippen molar-refractivity contribution in [2.45, 2.75) is 33.7 Å². The quantitative estimate of drug-likeness (QED) is 0.683. The molecule has 3 rings (SSSR count). The number of aromatic nitrogens is 5. The molecular formula is C15H19N5O3. The highest BCUT2D eigenvalue weighted by Gasteiger charge is 2.29. The van der Waals surface area contributed by atoms with E-state index in [1.807, 2.05) is 13.8 Å². The van der Waals surface area contributed by atoms with Crippen molar-refractivity contribution in [1.29, 1.82) is 0 Å². The summed E-state index contributed by atoms with van der Waals surface area (Å²) in [6.45, 7) is 7.57. The average molecular weight is 317 g/mol. The van der Waals surface area contributed by atoms with Crippen LogP contribution < -0.4 is 0 Å². The number of hydrogen-bond donors (Lipinski definition) is 0. The van der Waals surface area contributed by atoms with Gasteiger partial charge in [0.05, 0.1) is 25.2 Å². The lowest BCUT2D eigenvalue weighted by atomic mass is 10.2. The van der Waals surface area contributed by atoms with E-state index in [1.165, 1.54) is 11.8 Å². The van der Waals surface area contributed by atoms with Gasteiger partial charge in [-0.15, -0.1) is 0 Å². The number of nitrogens with zero attached hydrogens (tertiary/aromatic N) is 5. The van der Waals surface area contributed by atoms with Gasteiger partial charge in [-0.05, 0) is 13.8 Å². The van der Waals surface area contributed by atoms with E-state index >= 15 is 0 Å². The number of aryl methyl sites for hydroxylation is 2. The Balaban J connectivity index is 0.000000924. The van der Waals surface area contributed by atoms with E-state index in [0.717, 1.165) is 0 Å². The topological polar surface area (TPSA) is 95.9 Å². The third-order valence-electron chi connectivity index (χ3n) is 3.00. The first-order valence-electron chi connectivity index (χ1n) is 7.28. The number of carbonyl (C=O) groups is 1. The van der Waals surface area contributed by atoms with E-state index in [0.29, 0.717) is 28.7 Å². The van der Waals surface area contributed by atoms with Gasteiger partial charge in [-0.1, -0.05) is 19.0 Å². The first-order chi connectivity index (χ1) is 11.1. The van der Waals surface area contributed by atoms with Crippen molar-refractivity contribution in [3.63, 3.8) is 0 Å². The van der Waals surface area contributed by atoms with Crippen molar-refractivity contribution < 1.29 is 14.1 Å². The molecule has 8 nitrogen and oxygen atoms in total. The highest BCUT2D eigenvalue weighted by atomic mass is 16.5. The maximum Gasteiger partial charge on any atom is 0.338 e. The van der Waals surface area contributed by atoms with Gasteiger partial charge >= 0.3 is 5.97 Å². The summed E-state index contributed by atoms with van der Waals surface area (Å²) in [5, 5.41) is 8.00. The van der Waals surface area contributed by atoms with Crippen LogP contribution in [0.2, 0.25) is 0 Å². The van der Waals surface area contributed by atoms with Gasteiger partial charge in [0.25, 0.3) is 0 Å². The van der Waals surface area contributed by atoms with E-state index in [9.17, 15) is 4.79 Å². The Bertz CT molecular complexity index is 764. The minimum atomic E-state index is -0.849. The van der Waals surface area contributed by atoms with Crippen molar-refractivity contribution in [3.05, 3.63) is 35.7 Å². The van der Waals surface area contributed by atoms with Crippen LogP contribution in [0.25, 0.3) is 11.4 Å². The zero-order valence-corrected chi connectivity index (χ0v) is 13.8. The van der Waals surface area contributed by atoms with Gasteiger partial charge in [0, 0.05) is 6.07 Å². The third-order valence-corrected chi connectivity index (χ3v) is 3.00. The summed E-state index contributed by atoms with van der Waals surface area (Å²) in [7, 11) is 1.31. The van der Waals surface area contributed by atoms with Crippen LogP contribution in [0.15, 0.2) is 23.0 Å². The second-order valence-electron chi connectivity index (χ2n) is 4.59. The van der Waals surface area contributed by atoms with Gasteiger partial charge in [-0.25, -0.2) is 19.4 Å². The van der Waals surface area contributed by atoms with Gasteiger partial charge in [0.15, 0.2) is 5.76 Å². The molecule has 122 valence electrons. The van der Waals surface area contributed by atoms with E-state index in [2.05, 4.69) is 20.2 Å². The number of hydrogen-bond acceptors (Lipinski definition) is 7. The van der Waals surface area contributed by atoms with Gasteiger partial charge in [-0.3, -0.25) is 0 Å². The van der Waals surface area contributed by atoms with Crippen LogP contribution >= 0.6 is 0 Å². The molecule has 0 aromatic carbocycles. The molecule has 1 atom stereocenters. The van der Waals surface area contributed by atoms with E-state index < -0.39 is 12.0 Å². The number of imidazole rings is 1. The molecule has 0 fully saturated rings. The number of carbonyl (C=O) groups excluding carboxylic acids is 1. The van der Waals surface area contributed by atoms with Crippen LogP contribution in [-0.2, 0) is 9.53 Å². The Labute approximate surface area is 133 Å². The predicted molar refractivity (Wildman–Crippen MR) is 81.9 cm³/mol. The maximum atomic E-state index is 12.1. The molecule has 1 unspecified atom stereocenters. The van der Waals surface area contributed by atoms with Crippen molar-refractivity contribution in [2.75, 3.05) is 7.11 Å². The number of ether oxygens (including phenoxy) is 1. The normalized spacial score (nSPS) is 11.7. The predicted octanol–water partition coefficient (Wildman–Crippen LogP) is 2.17. The average Bonchev–Trinajstić information content (AvgIpc) is 3.13. The highest BCUT2D eigenvalue weighted by Crippen LogP contribution is 2.23. The zero-order valence-electron chi connectivity index (χ0n) is 13.8. The summed E-state index contributed by atoms with van der Waals surface area (Å²) in [5.74, 6) is 0.501. The van der Waals surface area contributed by atoms with Gasteiger partial charge in [0.1, 0.15) is 17.2 Å². The largest absolute Gasteiger partial charge is 0.467 e. The molecule has 0 spiro atoms. The Morgan fingerprint density at radius 2 is 1.96 bits per heavy atom. The second-order valence-corrected chi connectivity index (χ2v) is 4.59. The van der Waals surface area contributed by atoms with Crippen LogP contribution in [0.4, 0.5) is 0 Å². The number of esters is 1. The van der Waals surface area contributed by atoms with Gasteiger partial charge in [0.2, 0.25) is 6.04 Å². The monoisotopic (exact) mass is 317 g/mol. The second kappa shape index (κ2) is 6.99. The minimum Gasteiger partial charge on any atom is -0.467 e. The standard InChI is InChI=1S/C13H13N5O3.C2H6/c1-7-4-11(21-17-7)12(13(19)20-3)18-6-10-9(5-14-18)15-8(2)16-10;1-2/h4-6,12H,1-3H3;1-2H3. The van der Waals surface area contributed by atoms with E-state index in [-0.39, 0.29) is 0 Å². The molecule has 1 aromatic rings. The Morgan fingerprint density at radius 1 is 1.26 bits per heavy atom. The van der Waals surface area contributed by atoms with Gasteiger partial charge < -0.3 is 9.26 Å². The molecule has 0 saturated carbocycles. The molecule has 0 radical (unpaired) electrons. The van der Waals surface area contributed by atoms with Crippen LogP contribution in [0.3, 0.4) is 0 Å². The smallest absolute Gasteiger partial charge is 0.338 e. The van der Waals surface area contributed by atoms with Crippen molar-refractivity contribution in [3.8, 4) is 11.4 Å². The summed E-state index contributed by atoms with van der Waals surface area (Å²) in [6, 6.07) is 0.820. The molecule has 2 aliphatic heterocycles. The lowest BCUT2D eigenvalue weighted by Gasteiger charge is -2.14. The van der Waals surface area contributed by atoms with E-state index in [1.54, 1.807) is 32.3 Å². The Hall–Kier alpha value is -2.77. The number of fused-ring (bicyclic) bond motifs is 1. The molecule has 0 N–H and O–H groups in total. The fraction of sp³-hybridized carbons (Fsp3) is 0.400. The lowest BCUT2D eigenvalue weighted by Crippen LogP contribution is -2.23. The molecule has 1 aromatic heterocycles. The molecule has 8 heteroatoms. The molecule has 3 heterocycles. The summed E-state index contributed by atoms with van der Waals surface area (Å²) in [6.07, 6.45) is 3.18. The zero-order chi connectivity index (χ0) is 17.0. The van der Waals surface area contributed by atoms with Crippen molar-refractivity contribution in [1.82, 2.24) is 24.9 Å². The summed E-state index contributed by atoms with van der Waals surface area (Å²) in [5.41, 5.74) is 1.98. The molecule has 0 bridgehead atoms. The molecule has 2 aliphatic rings. The van der Waals surface area contributed by atoms with Crippen LogP contribution in [0, 0.1) is 13.8 Å². The van der Waals surface area contributed by atoms with Crippen LogP contribution in [0.5, 0.6) is 0 Å². The molecule has 0 amide bonds. The molecular weight excluding hydrogens is 298 g/mol. The SMILES string of the molecule is CC.COC(=O)C(c1cc(C)no1)n1cc2nc(C)nc-2cn1. The highest BCUT2D eigenvalue weighted by molar-refractivity contribution is 5.77. The first kappa shape index (κ1) is 16.6. The summed E-state index contributed by atoms with van der Waals surface area (Å²) in [4.78, 5) is 20.5. The van der Waals surface area contributed by atoms with Crippen LogP contribution in [-0.4, -0.2) is 38.0 Å². The lowest BCUT2D eigenvalue weighted by molar-refractivity contribution is -0.144. The van der Waals surface area contributed by atoms with Crippen LogP contribution in [0.1, 0.15) is 37.2 Å². The molecule has 0 saturated heterocycles. The molecule has 23 heavy (non-hydrogen) atoms. The fourth-order valence-electron chi connectivity index (χ4n) is 2.08. The van der Waals surface area contributed by atoms with Gasteiger partial charge in [-0.2, -0.15) is 5.10 Å². The summed E-state index contributed by atoms with van der Waals surface area (Å²) >= 11 is 0. The van der Waals surface area contributed by atoms with Crippen molar-refractivity contribution >= 4 is 5.97 Å². The minimum absolute atomic E-state index is 0.354.